The van der Waals surface area contributed by atoms with E-state index in [0.29, 0.717) is 6.54 Å². The fourth-order valence-corrected chi connectivity index (χ4v) is 4.32. The molecule has 7 nitrogen and oxygen atoms in total. The molecular formula is C18H27N5O2S. The van der Waals surface area contributed by atoms with Crippen LogP contribution in [0.1, 0.15) is 29.2 Å². The number of likely N-dealkylation sites (N-methyl/N-ethyl adjacent to an activating group) is 1. The molecule has 0 saturated carbocycles. The van der Waals surface area contributed by atoms with E-state index in [2.05, 4.69) is 21.7 Å². The lowest BCUT2D eigenvalue weighted by atomic mass is 10.2. The molecule has 1 fully saturated rings. The van der Waals surface area contributed by atoms with E-state index in [0.717, 1.165) is 52.7 Å². The first-order valence-corrected chi connectivity index (χ1v) is 9.76. The number of aryl methyl sites for hydroxylation is 2. The van der Waals surface area contributed by atoms with Crippen molar-refractivity contribution in [1.29, 1.82) is 0 Å². The quantitative estimate of drug-likeness (QED) is 0.871. The van der Waals surface area contributed by atoms with Gasteiger partial charge in [0.05, 0.1) is 18.0 Å². The van der Waals surface area contributed by atoms with Crippen molar-refractivity contribution in [3.05, 3.63) is 26.6 Å². The molecule has 26 heavy (non-hydrogen) atoms. The second kappa shape index (κ2) is 7.46. The lowest BCUT2D eigenvalue weighted by Gasteiger charge is -2.37. The van der Waals surface area contributed by atoms with Gasteiger partial charge >= 0.3 is 0 Å². The number of fused-ring (bicyclic) bond motifs is 1. The average Bonchev–Trinajstić information content (AvgIpc) is 2.89. The van der Waals surface area contributed by atoms with Crippen molar-refractivity contribution in [2.75, 3.05) is 46.8 Å². The van der Waals surface area contributed by atoms with Crippen molar-refractivity contribution in [3.63, 3.8) is 0 Å². The van der Waals surface area contributed by atoms with Crippen LogP contribution in [0.4, 0.5) is 0 Å². The number of amides is 1. The van der Waals surface area contributed by atoms with Crippen molar-refractivity contribution in [1.82, 2.24) is 24.7 Å². The Hall–Kier alpha value is -1.77. The first kappa shape index (κ1) is 19.0. The molecule has 0 unspecified atom stereocenters. The van der Waals surface area contributed by atoms with Gasteiger partial charge in [0.1, 0.15) is 10.7 Å². The van der Waals surface area contributed by atoms with Crippen LogP contribution in [0.3, 0.4) is 0 Å². The number of piperazine rings is 1. The summed E-state index contributed by atoms with van der Waals surface area (Å²) in [4.78, 5) is 40.2. The third-order valence-electron chi connectivity index (χ3n) is 5.27. The highest BCUT2D eigenvalue weighted by molar-refractivity contribution is 7.18. The van der Waals surface area contributed by atoms with Gasteiger partial charge in [-0.15, -0.1) is 11.3 Å². The SMILES string of the molecule is Cc1sc2nc([C@@H](C)N3CCN(CC(=O)N(C)C)CC3)[nH]c(=O)c2c1C. The highest BCUT2D eigenvalue weighted by Crippen LogP contribution is 2.27. The molecular weight excluding hydrogens is 350 g/mol. The Morgan fingerprint density at radius 2 is 1.92 bits per heavy atom. The van der Waals surface area contributed by atoms with Gasteiger partial charge in [-0.3, -0.25) is 19.4 Å². The number of hydrogen-bond donors (Lipinski definition) is 1. The number of H-pyrrole nitrogens is 1. The van der Waals surface area contributed by atoms with Crippen LogP contribution in [-0.2, 0) is 4.79 Å². The molecule has 3 rings (SSSR count). The first-order valence-electron chi connectivity index (χ1n) is 8.94. The minimum Gasteiger partial charge on any atom is -0.348 e. The second-order valence-electron chi connectivity index (χ2n) is 7.19. The zero-order valence-electron chi connectivity index (χ0n) is 16.1. The van der Waals surface area contributed by atoms with Crippen LogP contribution in [0, 0.1) is 13.8 Å². The van der Waals surface area contributed by atoms with Gasteiger partial charge in [-0.05, 0) is 26.3 Å². The van der Waals surface area contributed by atoms with Gasteiger partial charge < -0.3 is 9.88 Å². The molecule has 2 aromatic rings. The Labute approximate surface area is 157 Å². The van der Waals surface area contributed by atoms with Crippen LogP contribution in [-0.4, -0.2) is 77.4 Å². The third kappa shape index (κ3) is 3.67. The maximum absolute atomic E-state index is 12.5. The summed E-state index contributed by atoms with van der Waals surface area (Å²) >= 11 is 1.58. The fraction of sp³-hybridized carbons (Fsp3) is 0.611. The smallest absolute Gasteiger partial charge is 0.259 e. The van der Waals surface area contributed by atoms with E-state index in [1.54, 1.807) is 30.3 Å². The number of nitrogens with one attached hydrogen (secondary N) is 1. The summed E-state index contributed by atoms with van der Waals surface area (Å²) in [5.74, 6) is 0.855. The third-order valence-corrected chi connectivity index (χ3v) is 6.37. The Bertz CT molecular complexity index is 864. The van der Waals surface area contributed by atoms with Crippen molar-refractivity contribution < 1.29 is 4.79 Å². The standard InChI is InChI=1S/C18H27N5O2S/c1-11-13(3)26-18-15(11)17(25)19-16(20-18)12(2)23-8-6-22(7-9-23)10-14(24)21(4)5/h12H,6-10H2,1-5H3,(H,19,20,25)/t12-/m1/s1. The van der Waals surface area contributed by atoms with E-state index in [9.17, 15) is 9.59 Å². The summed E-state index contributed by atoms with van der Waals surface area (Å²) in [6.45, 7) is 9.93. The van der Waals surface area contributed by atoms with E-state index in [1.165, 1.54) is 0 Å². The van der Waals surface area contributed by atoms with E-state index in [-0.39, 0.29) is 17.5 Å². The lowest BCUT2D eigenvalue weighted by Crippen LogP contribution is -2.50. The molecule has 0 bridgehead atoms. The number of nitrogens with zero attached hydrogens (tertiary/aromatic N) is 4. The van der Waals surface area contributed by atoms with Gasteiger partial charge in [-0.2, -0.15) is 0 Å². The van der Waals surface area contributed by atoms with E-state index in [4.69, 9.17) is 4.98 Å². The van der Waals surface area contributed by atoms with Crippen LogP contribution in [0.15, 0.2) is 4.79 Å². The van der Waals surface area contributed by atoms with Crippen LogP contribution in [0.2, 0.25) is 0 Å². The highest BCUT2D eigenvalue weighted by atomic mass is 32.1. The number of thiophene rings is 1. The van der Waals surface area contributed by atoms with Crippen molar-refractivity contribution in [3.8, 4) is 0 Å². The number of aromatic nitrogens is 2. The predicted molar refractivity (Wildman–Crippen MR) is 105 cm³/mol. The molecule has 1 amide bonds. The van der Waals surface area contributed by atoms with Crippen LogP contribution in [0.25, 0.3) is 10.2 Å². The van der Waals surface area contributed by atoms with Gasteiger partial charge in [0.2, 0.25) is 5.91 Å². The Morgan fingerprint density at radius 3 is 2.54 bits per heavy atom. The molecule has 0 aromatic carbocycles. The molecule has 1 saturated heterocycles. The summed E-state index contributed by atoms with van der Waals surface area (Å²) in [7, 11) is 3.57. The summed E-state index contributed by atoms with van der Waals surface area (Å²) in [5.41, 5.74) is 0.978. The largest absolute Gasteiger partial charge is 0.348 e. The molecule has 1 atom stereocenters. The predicted octanol–water partition coefficient (Wildman–Crippen LogP) is 1.37. The topological polar surface area (TPSA) is 72.5 Å². The molecule has 3 heterocycles. The van der Waals surface area contributed by atoms with E-state index < -0.39 is 0 Å². The molecule has 8 heteroatoms. The summed E-state index contributed by atoms with van der Waals surface area (Å²) in [6, 6.07) is 0.0431. The minimum absolute atomic E-state index is 0.0431. The monoisotopic (exact) mass is 377 g/mol. The van der Waals surface area contributed by atoms with E-state index in [1.807, 2.05) is 13.8 Å². The summed E-state index contributed by atoms with van der Waals surface area (Å²) in [6.07, 6.45) is 0. The van der Waals surface area contributed by atoms with Gasteiger partial charge in [0, 0.05) is 45.2 Å². The molecule has 1 aliphatic rings. The summed E-state index contributed by atoms with van der Waals surface area (Å²) in [5, 5.41) is 0.718. The Kier molecular flexibility index (Phi) is 5.45. The maximum Gasteiger partial charge on any atom is 0.259 e. The molecule has 0 aliphatic carbocycles. The number of hydrogen-bond acceptors (Lipinski definition) is 6. The van der Waals surface area contributed by atoms with E-state index >= 15 is 0 Å². The molecule has 2 aromatic heterocycles. The Morgan fingerprint density at radius 1 is 1.27 bits per heavy atom. The van der Waals surface area contributed by atoms with Crippen LogP contribution < -0.4 is 5.56 Å². The van der Waals surface area contributed by atoms with Crippen molar-refractivity contribution in [2.45, 2.75) is 26.8 Å². The molecule has 1 N–H and O–H groups in total. The number of carbonyl (C=O) groups is 1. The Balaban J connectivity index is 1.71. The normalized spacial score (nSPS) is 17.6. The second-order valence-corrected chi connectivity index (χ2v) is 8.39. The highest BCUT2D eigenvalue weighted by Gasteiger charge is 2.25. The average molecular weight is 378 g/mol. The fourth-order valence-electron chi connectivity index (χ4n) is 3.28. The van der Waals surface area contributed by atoms with Gasteiger partial charge in [0.15, 0.2) is 0 Å². The molecule has 0 spiro atoms. The lowest BCUT2D eigenvalue weighted by molar-refractivity contribution is -0.130. The number of carbonyl (C=O) groups excluding carboxylic acids is 1. The minimum atomic E-state index is -0.0473. The van der Waals surface area contributed by atoms with Crippen LogP contribution in [0.5, 0.6) is 0 Å². The van der Waals surface area contributed by atoms with Gasteiger partial charge in [0.25, 0.3) is 5.56 Å². The number of rotatable bonds is 4. The maximum atomic E-state index is 12.5. The molecule has 142 valence electrons. The van der Waals surface area contributed by atoms with Crippen molar-refractivity contribution in [2.24, 2.45) is 0 Å². The van der Waals surface area contributed by atoms with Crippen LogP contribution >= 0.6 is 11.3 Å². The van der Waals surface area contributed by atoms with Gasteiger partial charge in [-0.25, -0.2) is 4.98 Å². The summed E-state index contributed by atoms with van der Waals surface area (Å²) < 4.78 is 0. The van der Waals surface area contributed by atoms with Crippen molar-refractivity contribution >= 4 is 27.5 Å². The number of aromatic amines is 1. The van der Waals surface area contributed by atoms with Gasteiger partial charge in [-0.1, -0.05) is 0 Å². The zero-order chi connectivity index (χ0) is 19.0. The molecule has 1 aliphatic heterocycles. The zero-order valence-corrected chi connectivity index (χ0v) is 16.9. The molecule has 0 radical (unpaired) electrons. The first-order chi connectivity index (χ1) is 12.3.